The number of fused-ring (bicyclic) bond motifs is 1. The van der Waals surface area contributed by atoms with Crippen LogP contribution in [0, 0.1) is 5.82 Å². The van der Waals surface area contributed by atoms with E-state index in [2.05, 4.69) is 20.7 Å². The van der Waals surface area contributed by atoms with Crippen LogP contribution in [0.25, 0.3) is 16.6 Å². The van der Waals surface area contributed by atoms with Crippen LogP contribution < -0.4 is 17.0 Å². The number of nitrogens with two attached hydrogens (primary N) is 2. The molecular formula is C17H13BrFN3O3. The maximum absolute atomic E-state index is 14.8. The number of ether oxygens (including phenoxy) is 1. The summed E-state index contributed by atoms with van der Waals surface area (Å²) in [4.78, 5) is 25.0. The highest BCUT2D eigenvalue weighted by Gasteiger charge is 2.24. The molecule has 0 amide bonds. The molecule has 8 heteroatoms. The molecule has 0 saturated heterocycles. The lowest BCUT2D eigenvalue weighted by Gasteiger charge is -2.16. The fourth-order valence-corrected chi connectivity index (χ4v) is 2.93. The molecule has 0 atom stereocenters. The predicted molar refractivity (Wildman–Crippen MR) is 97.4 cm³/mol. The lowest BCUT2D eigenvalue weighted by molar-refractivity contribution is 0.0600. The Kier molecular flexibility index (Phi) is 4.22. The summed E-state index contributed by atoms with van der Waals surface area (Å²) < 4.78 is 20.7. The summed E-state index contributed by atoms with van der Waals surface area (Å²) in [6, 6.07) is 9.21. The first kappa shape index (κ1) is 17.0. The number of carbonyl (C=O) groups excluding carboxylic acids is 1. The lowest BCUT2D eigenvalue weighted by Crippen LogP contribution is -2.28. The Morgan fingerprint density at radius 3 is 2.40 bits per heavy atom. The van der Waals surface area contributed by atoms with E-state index in [9.17, 15) is 14.0 Å². The summed E-state index contributed by atoms with van der Waals surface area (Å²) in [6.45, 7) is 0. The van der Waals surface area contributed by atoms with Crippen molar-refractivity contribution in [1.29, 1.82) is 0 Å². The fraction of sp³-hybridized carbons (Fsp3) is 0.0588. The van der Waals surface area contributed by atoms with Gasteiger partial charge in [0.2, 0.25) is 0 Å². The predicted octanol–water partition coefficient (Wildman–Crippen LogP) is 2.84. The highest BCUT2D eigenvalue weighted by Crippen LogP contribution is 2.31. The van der Waals surface area contributed by atoms with E-state index in [4.69, 9.17) is 11.5 Å². The minimum Gasteiger partial charge on any atom is -0.465 e. The van der Waals surface area contributed by atoms with Crippen LogP contribution in [0.15, 0.2) is 45.7 Å². The third-order valence-electron chi connectivity index (χ3n) is 3.81. The quantitative estimate of drug-likeness (QED) is 0.504. The number of benzene rings is 2. The van der Waals surface area contributed by atoms with Crippen molar-refractivity contribution in [3.05, 3.63) is 62.6 Å². The fourth-order valence-electron chi connectivity index (χ4n) is 2.61. The summed E-state index contributed by atoms with van der Waals surface area (Å²) in [6.07, 6.45) is 0. The Morgan fingerprint density at radius 1 is 1.16 bits per heavy atom. The van der Waals surface area contributed by atoms with Crippen molar-refractivity contribution in [3.8, 4) is 5.69 Å². The van der Waals surface area contributed by atoms with Crippen molar-refractivity contribution in [2.45, 2.75) is 0 Å². The topological polar surface area (TPSA) is 100 Å². The van der Waals surface area contributed by atoms with Crippen molar-refractivity contribution >= 4 is 44.2 Å². The Bertz CT molecular complexity index is 1060. The maximum atomic E-state index is 14.8. The average Bonchev–Trinajstić information content (AvgIpc) is 2.59. The Balaban J connectivity index is 2.56. The van der Waals surface area contributed by atoms with Gasteiger partial charge >= 0.3 is 5.97 Å². The Hall–Kier alpha value is -2.87. The average molecular weight is 406 g/mol. The van der Waals surface area contributed by atoms with Crippen LogP contribution in [0.5, 0.6) is 0 Å². The molecule has 0 aliphatic carbocycles. The third kappa shape index (κ3) is 2.64. The number of nitrogen functional groups attached to an aromatic ring is 2. The van der Waals surface area contributed by atoms with Gasteiger partial charge in [0, 0.05) is 16.8 Å². The molecule has 1 aromatic heterocycles. The molecule has 4 N–H and O–H groups in total. The highest BCUT2D eigenvalue weighted by molar-refractivity contribution is 9.10. The lowest BCUT2D eigenvalue weighted by atomic mass is 10.1. The number of halogens is 2. The van der Waals surface area contributed by atoms with Gasteiger partial charge in [0.1, 0.15) is 5.56 Å². The van der Waals surface area contributed by atoms with Crippen molar-refractivity contribution in [3.63, 3.8) is 0 Å². The van der Waals surface area contributed by atoms with Crippen molar-refractivity contribution in [1.82, 2.24) is 4.57 Å². The number of methoxy groups -OCH3 is 1. The number of carbonyl (C=O) groups is 1. The molecule has 0 bridgehead atoms. The minimum absolute atomic E-state index is 0.0469. The highest BCUT2D eigenvalue weighted by atomic mass is 79.9. The summed E-state index contributed by atoms with van der Waals surface area (Å²) in [7, 11) is 1.14. The van der Waals surface area contributed by atoms with Gasteiger partial charge in [-0.3, -0.25) is 9.36 Å². The van der Waals surface area contributed by atoms with Crippen LogP contribution in [0.3, 0.4) is 0 Å². The van der Waals surface area contributed by atoms with Crippen molar-refractivity contribution < 1.29 is 13.9 Å². The van der Waals surface area contributed by atoms with Crippen molar-refractivity contribution in [2.75, 3.05) is 18.6 Å². The summed E-state index contributed by atoms with van der Waals surface area (Å²) >= 11 is 3.10. The minimum atomic E-state index is -0.892. The molecule has 0 saturated carbocycles. The van der Waals surface area contributed by atoms with Crippen LogP contribution in [0.2, 0.25) is 0 Å². The van der Waals surface area contributed by atoms with E-state index < -0.39 is 17.3 Å². The molecule has 128 valence electrons. The summed E-state index contributed by atoms with van der Waals surface area (Å²) in [5, 5.41) is 0.220. The number of esters is 1. The SMILES string of the molecule is COC(=O)c1c(N)c2ccc(Br)c(F)c2n(-c2ccc(N)cc2)c1=O. The van der Waals surface area contributed by atoms with Gasteiger partial charge in [-0.25, -0.2) is 9.18 Å². The second-order valence-corrected chi connectivity index (χ2v) is 6.12. The Labute approximate surface area is 149 Å². The van der Waals surface area contributed by atoms with Gasteiger partial charge in [-0.2, -0.15) is 0 Å². The van der Waals surface area contributed by atoms with E-state index in [1.165, 1.54) is 12.1 Å². The first-order valence-corrected chi connectivity index (χ1v) is 7.92. The molecule has 3 rings (SSSR count). The molecule has 3 aromatic rings. The van der Waals surface area contributed by atoms with E-state index >= 15 is 0 Å². The number of aromatic nitrogens is 1. The number of pyridine rings is 1. The summed E-state index contributed by atoms with van der Waals surface area (Å²) in [5.41, 5.74) is 11.1. The summed E-state index contributed by atoms with van der Waals surface area (Å²) in [5.74, 6) is -1.56. The second-order valence-electron chi connectivity index (χ2n) is 5.27. The van der Waals surface area contributed by atoms with E-state index in [1.807, 2.05) is 0 Å². The molecule has 6 nitrogen and oxygen atoms in total. The standard InChI is InChI=1S/C17H13BrFN3O3/c1-25-17(24)12-14(21)10-6-7-11(18)13(19)15(10)22(16(12)23)9-4-2-8(20)3-5-9/h2-7H,20-21H2,1H3. The zero-order valence-corrected chi connectivity index (χ0v) is 14.6. The van der Waals surface area contributed by atoms with Gasteiger partial charge in [0.15, 0.2) is 5.82 Å². The van der Waals surface area contributed by atoms with E-state index in [-0.39, 0.29) is 26.6 Å². The number of hydrogen-bond acceptors (Lipinski definition) is 5. The van der Waals surface area contributed by atoms with Gasteiger partial charge < -0.3 is 16.2 Å². The van der Waals surface area contributed by atoms with Crippen molar-refractivity contribution in [2.24, 2.45) is 0 Å². The smallest absolute Gasteiger partial charge is 0.345 e. The second kappa shape index (κ2) is 6.21. The molecule has 25 heavy (non-hydrogen) atoms. The zero-order valence-electron chi connectivity index (χ0n) is 13.0. The van der Waals surface area contributed by atoms with Gasteiger partial charge in [-0.05, 0) is 52.3 Å². The van der Waals surface area contributed by atoms with E-state index in [0.29, 0.717) is 11.4 Å². The molecular weight excluding hydrogens is 393 g/mol. The first-order chi connectivity index (χ1) is 11.9. The van der Waals surface area contributed by atoms with Crippen LogP contribution in [0.4, 0.5) is 15.8 Å². The van der Waals surface area contributed by atoms with Gasteiger partial charge in [-0.1, -0.05) is 0 Å². The van der Waals surface area contributed by atoms with Crippen LogP contribution in [-0.4, -0.2) is 17.6 Å². The van der Waals surface area contributed by atoms with E-state index in [1.54, 1.807) is 24.3 Å². The monoisotopic (exact) mass is 405 g/mol. The molecule has 0 aliphatic heterocycles. The zero-order chi connectivity index (χ0) is 18.3. The van der Waals surface area contributed by atoms with Crippen LogP contribution in [-0.2, 0) is 4.74 Å². The molecule has 0 spiro atoms. The largest absolute Gasteiger partial charge is 0.465 e. The Morgan fingerprint density at radius 2 is 1.80 bits per heavy atom. The molecule has 1 heterocycles. The van der Waals surface area contributed by atoms with Crippen LogP contribution >= 0.6 is 15.9 Å². The maximum Gasteiger partial charge on any atom is 0.345 e. The van der Waals surface area contributed by atoms with Gasteiger partial charge in [-0.15, -0.1) is 0 Å². The third-order valence-corrected chi connectivity index (χ3v) is 4.42. The number of rotatable bonds is 2. The first-order valence-electron chi connectivity index (χ1n) is 7.13. The molecule has 0 aliphatic rings. The number of nitrogens with zero attached hydrogens (tertiary/aromatic N) is 1. The normalized spacial score (nSPS) is 10.8. The number of hydrogen-bond donors (Lipinski definition) is 2. The molecule has 0 radical (unpaired) electrons. The van der Waals surface area contributed by atoms with E-state index in [0.717, 1.165) is 11.7 Å². The van der Waals surface area contributed by atoms with Gasteiger partial charge in [0.25, 0.3) is 5.56 Å². The molecule has 0 fully saturated rings. The van der Waals surface area contributed by atoms with Crippen LogP contribution in [0.1, 0.15) is 10.4 Å². The number of anilines is 2. The molecule has 0 unspecified atom stereocenters. The molecule has 2 aromatic carbocycles. The van der Waals surface area contributed by atoms with Gasteiger partial charge in [0.05, 0.1) is 22.8 Å².